The van der Waals surface area contributed by atoms with E-state index in [1.807, 2.05) is 0 Å². The van der Waals surface area contributed by atoms with Gasteiger partial charge < -0.3 is 31.1 Å². The summed E-state index contributed by atoms with van der Waals surface area (Å²) in [7, 11) is 1.59. The molecule has 1 aliphatic rings. The molecule has 1 aromatic carbocycles. The highest BCUT2D eigenvalue weighted by molar-refractivity contribution is 6.44. The molecule has 2 heterocycles. The van der Waals surface area contributed by atoms with Crippen LogP contribution in [0.25, 0.3) is 11.0 Å². The van der Waals surface area contributed by atoms with Gasteiger partial charge in [0.05, 0.1) is 23.1 Å². The molecule has 2 aromatic heterocycles. The number of rotatable bonds is 6. The number of furan rings is 1. The van der Waals surface area contributed by atoms with E-state index in [1.165, 1.54) is 10.8 Å². The van der Waals surface area contributed by atoms with E-state index in [0.29, 0.717) is 17.0 Å². The maximum atomic E-state index is 13.6. The molecule has 0 unspecified atom stereocenters. The van der Waals surface area contributed by atoms with Crippen molar-refractivity contribution in [3.63, 3.8) is 0 Å². The number of hydrogen-bond acceptors (Lipinski definition) is 6. The van der Waals surface area contributed by atoms with E-state index in [2.05, 4.69) is 10.6 Å². The van der Waals surface area contributed by atoms with Crippen molar-refractivity contribution in [2.75, 3.05) is 5.32 Å². The number of aromatic nitrogens is 1. The molecule has 2 amide bonds. The third-order valence-corrected chi connectivity index (χ3v) is 6.49. The predicted octanol–water partition coefficient (Wildman–Crippen LogP) is 2.87. The third kappa shape index (κ3) is 4.02. The highest BCUT2D eigenvalue weighted by Crippen LogP contribution is 2.48. The fourth-order valence-corrected chi connectivity index (χ4v) is 4.61. The molecule has 0 aliphatic heterocycles. The molecule has 0 spiro atoms. The summed E-state index contributed by atoms with van der Waals surface area (Å²) < 4.78 is 34.0. The van der Waals surface area contributed by atoms with Crippen LogP contribution < -0.4 is 22.1 Å². The first-order chi connectivity index (χ1) is 16.4. The standard InChI is InChI=1S/C24H25F2N5O4/c1-12-18(20(32)22(34)30-23(17(28)9-27)10-24(25,26)11-23)13(2)31(3)19(12)21(33)29-15-4-5-16-14(8-15)6-7-35-16/h4-9H,10-11,27-28H2,1-3H3,(H,29,33)(H,30,34)/b17-9-. The summed E-state index contributed by atoms with van der Waals surface area (Å²) in [5.74, 6) is -5.60. The van der Waals surface area contributed by atoms with Gasteiger partial charge in [-0.2, -0.15) is 0 Å². The summed E-state index contributed by atoms with van der Waals surface area (Å²) in [6.07, 6.45) is 0.942. The molecule has 1 fully saturated rings. The number of benzene rings is 1. The lowest BCUT2D eigenvalue weighted by molar-refractivity contribution is -0.137. The Morgan fingerprint density at radius 1 is 1.17 bits per heavy atom. The van der Waals surface area contributed by atoms with E-state index in [9.17, 15) is 23.2 Å². The number of nitrogens with two attached hydrogens (primary N) is 2. The lowest BCUT2D eigenvalue weighted by Crippen LogP contribution is -2.65. The quantitative estimate of drug-likeness (QED) is 0.312. The van der Waals surface area contributed by atoms with E-state index < -0.39 is 41.9 Å². The number of fused-ring (bicyclic) bond motifs is 1. The Hall–Kier alpha value is -4.15. The first-order valence-corrected chi connectivity index (χ1v) is 10.8. The Labute approximate surface area is 199 Å². The van der Waals surface area contributed by atoms with E-state index in [-0.39, 0.29) is 22.5 Å². The summed E-state index contributed by atoms with van der Waals surface area (Å²) in [4.78, 5) is 39.0. The molecule has 1 saturated carbocycles. The van der Waals surface area contributed by atoms with Gasteiger partial charge >= 0.3 is 0 Å². The molecule has 11 heteroatoms. The Bertz CT molecular complexity index is 1390. The number of nitrogens with zero attached hydrogens (tertiary/aromatic N) is 1. The molecule has 6 N–H and O–H groups in total. The first-order valence-electron chi connectivity index (χ1n) is 10.8. The van der Waals surface area contributed by atoms with Crippen molar-refractivity contribution < 1.29 is 27.6 Å². The Kier molecular flexibility index (Phi) is 5.66. The Morgan fingerprint density at radius 2 is 1.86 bits per heavy atom. The van der Waals surface area contributed by atoms with Crippen LogP contribution >= 0.6 is 0 Å². The minimum absolute atomic E-state index is 0.0111. The highest BCUT2D eigenvalue weighted by Gasteiger charge is 2.59. The molecular formula is C24H25F2N5O4. The smallest absolute Gasteiger partial charge is 0.293 e. The number of halogens is 2. The van der Waals surface area contributed by atoms with Crippen molar-refractivity contribution >= 4 is 34.3 Å². The molecule has 0 atom stereocenters. The van der Waals surface area contributed by atoms with Gasteiger partial charge in [0.1, 0.15) is 11.3 Å². The average Bonchev–Trinajstić information content (AvgIpc) is 3.32. The average molecular weight is 485 g/mol. The number of carbonyl (C=O) groups is 3. The fourth-order valence-electron chi connectivity index (χ4n) is 4.61. The van der Waals surface area contributed by atoms with Gasteiger partial charge in [-0.1, -0.05) is 0 Å². The van der Waals surface area contributed by atoms with Crippen LogP contribution in [-0.4, -0.2) is 33.6 Å². The molecule has 35 heavy (non-hydrogen) atoms. The number of ketones is 1. The van der Waals surface area contributed by atoms with Crippen molar-refractivity contribution in [3.05, 3.63) is 64.9 Å². The highest BCUT2D eigenvalue weighted by atomic mass is 19.3. The van der Waals surface area contributed by atoms with Gasteiger partial charge in [0.2, 0.25) is 0 Å². The summed E-state index contributed by atoms with van der Waals surface area (Å²) >= 11 is 0. The number of nitrogens with one attached hydrogen (secondary N) is 2. The molecule has 0 radical (unpaired) electrons. The van der Waals surface area contributed by atoms with Crippen molar-refractivity contribution in [2.24, 2.45) is 18.5 Å². The topological polar surface area (TPSA) is 145 Å². The zero-order valence-corrected chi connectivity index (χ0v) is 19.4. The van der Waals surface area contributed by atoms with E-state index in [0.717, 1.165) is 11.6 Å². The molecule has 4 rings (SSSR count). The summed E-state index contributed by atoms with van der Waals surface area (Å²) in [6, 6.07) is 6.90. The number of amides is 2. The van der Waals surface area contributed by atoms with E-state index in [4.69, 9.17) is 15.9 Å². The van der Waals surface area contributed by atoms with Crippen LogP contribution in [0.1, 0.15) is 44.9 Å². The summed E-state index contributed by atoms with van der Waals surface area (Å²) in [5.41, 5.74) is 11.4. The zero-order valence-electron chi connectivity index (χ0n) is 19.4. The summed E-state index contributed by atoms with van der Waals surface area (Å²) in [5, 5.41) is 5.93. The van der Waals surface area contributed by atoms with E-state index >= 15 is 0 Å². The predicted molar refractivity (Wildman–Crippen MR) is 125 cm³/mol. The van der Waals surface area contributed by atoms with Crippen LogP contribution in [0.15, 0.2) is 46.8 Å². The van der Waals surface area contributed by atoms with Crippen molar-refractivity contribution in [1.82, 2.24) is 9.88 Å². The monoisotopic (exact) mass is 485 g/mol. The Balaban J connectivity index is 1.59. The molecule has 9 nitrogen and oxygen atoms in total. The van der Waals surface area contributed by atoms with Gasteiger partial charge in [-0.3, -0.25) is 14.4 Å². The van der Waals surface area contributed by atoms with Gasteiger partial charge in [0.25, 0.3) is 23.5 Å². The zero-order chi connectivity index (χ0) is 25.7. The van der Waals surface area contributed by atoms with Crippen molar-refractivity contribution in [1.29, 1.82) is 0 Å². The molecule has 3 aromatic rings. The molecule has 1 aliphatic carbocycles. The van der Waals surface area contributed by atoms with Crippen LogP contribution in [-0.2, 0) is 11.8 Å². The van der Waals surface area contributed by atoms with Crippen LogP contribution in [0.3, 0.4) is 0 Å². The lowest BCUT2D eigenvalue weighted by atomic mass is 9.71. The first kappa shape index (κ1) is 24.0. The van der Waals surface area contributed by atoms with E-state index in [1.54, 1.807) is 45.2 Å². The molecular weight excluding hydrogens is 460 g/mol. The van der Waals surface area contributed by atoms with Gasteiger partial charge in [-0.05, 0) is 43.7 Å². The number of Topliss-reactive ketones (excluding diaryl/α,β-unsaturated/α-hetero) is 1. The maximum Gasteiger partial charge on any atom is 0.293 e. The van der Waals surface area contributed by atoms with Crippen molar-refractivity contribution in [2.45, 2.75) is 38.2 Å². The molecule has 184 valence electrons. The van der Waals surface area contributed by atoms with Crippen LogP contribution in [0.2, 0.25) is 0 Å². The van der Waals surface area contributed by atoms with Gasteiger partial charge in [0.15, 0.2) is 0 Å². The lowest BCUT2D eigenvalue weighted by Gasteiger charge is -2.47. The SMILES string of the molecule is Cc1c(C(=O)C(=O)NC2(/C(N)=C/N)CC(F)(F)C2)c(C)n(C)c1C(=O)Nc1ccc2occc2c1. The largest absolute Gasteiger partial charge is 0.464 e. The maximum absolute atomic E-state index is 13.6. The third-order valence-electron chi connectivity index (χ3n) is 6.49. The second kappa shape index (κ2) is 8.26. The minimum Gasteiger partial charge on any atom is -0.464 e. The van der Waals surface area contributed by atoms with Gasteiger partial charge in [-0.25, -0.2) is 8.78 Å². The van der Waals surface area contributed by atoms with Crippen LogP contribution in [0.4, 0.5) is 14.5 Å². The number of anilines is 1. The van der Waals surface area contributed by atoms with Gasteiger partial charge in [0, 0.05) is 42.9 Å². The van der Waals surface area contributed by atoms with Crippen molar-refractivity contribution in [3.8, 4) is 0 Å². The Morgan fingerprint density at radius 3 is 2.49 bits per heavy atom. The second-order valence-corrected chi connectivity index (χ2v) is 8.82. The van der Waals surface area contributed by atoms with Crippen LogP contribution in [0, 0.1) is 13.8 Å². The minimum atomic E-state index is -3.03. The van der Waals surface area contributed by atoms with Gasteiger partial charge in [-0.15, -0.1) is 0 Å². The number of carbonyl (C=O) groups excluding carboxylic acids is 3. The summed E-state index contributed by atoms with van der Waals surface area (Å²) in [6.45, 7) is 3.13. The number of hydrogen-bond donors (Lipinski definition) is 4. The van der Waals surface area contributed by atoms with Crippen LogP contribution in [0.5, 0.6) is 0 Å². The molecule has 0 bridgehead atoms. The normalized spacial score (nSPS) is 16.5. The fraction of sp³-hybridized carbons (Fsp3) is 0.292. The molecule has 0 saturated heterocycles. The second-order valence-electron chi connectivity index (χ2n) is 8.82. The number of alkyl halides is 2.